The first-order valence-electron chi connectivity index (χ1n) is 8.07. The van der Waals surface area contributed by atoms with Crippen molar-refractivity contribution >= 4 is 17.8 Å². The Morgan fingerprint density at radius 3 is 2.23 bits per heavy atom. The zero-order valence-corrected chi connectivity index (χ0v) is 14.9. The van der Waals surface area contributed by atoms with Gasteiger partial charge in [0, 0.05) is 12.0 Å². The summed E-state index contributed by atoms with van der Waals surface area (Å²) in [6.07, 6.45) is 0.301. The maximum atomic E-state index is 12.5. The molecule has 2 aromatic carbocycles. The van der Waals surface area contributed by atoms with Gasteiger partial charge in [-0.05, 0) is 30.7 Å². The molecule has 2 rings (SSSR count). The number of nitrogens with one attached hydrogen (secondary N) is 1. The monoisotopic (exact) mass is 355 g/mol. The molecule has 1 amide bonds. The number of ether oxygens (including phenoxy) is 2. The molecule has 2 aromatic rings. The van der Waals surface area contributed by atoms with Crippen LogP contribution in [-0.4, -0.2) is 38.1 Å². The van der Waals surface area contributed by atoms with E-state index in [0.717, 1.165) is 11.1 Å². The summed E-state index contributed by atoms with van der Waals surface area (Å²) in [4.78, 5) is 36.2. The molecule has 0 unspecified atom stereocenters. The van der Waals surface area contributed by atoms with E-state index in [9.17, 15) is 14.4 Å². The third-order valence-electron chi connectivity index (χ3n) is 3.90. The summed E-state index contributed by atoms with van der Waals surface area (Å²) >= 11 is 0. The zero-order valence-electron chi connectivity index (χ0n) is 14.9. The van der Waals surface area contributed by atoms with Crippen LogP contribution in [-0.2, 0) is 20.7 Å². The fraction of sp³-hybridized carbons (Fsp3) is 0.250. The molecule has 0 saturated carbocycles. The molecule has 0 fully saturated rings. The van der Waals surface area contributed by atoms with Gasteiger partial charge >= 0.3 is 11.9 Å². The van der Waals surface area contributed by atoms with Crippen molar-refractivity contribution in [2.24, 2.45) is 0 Å². The Kier molecular flexibility index (Phi) is 6.49. The van der Waals surface area contributed by atoms with Gasteiger partial charge in [-0.15, -0.1) is 0 Å². The van der Waals surface area contributed by atoms with Crippen molar-refractivity contribution in [3.05, 3.63) is 70.8 Å². The van der Waals surface area contributed by atoms with Gasteiger partial charge < -0.3 is 14.8 Å². The van der Waals surface area contributed by atoms with Crippen molar-refractivity contribution in [3.8, 4) is 0 Å². The first kappa shape index (κ1) is 19.2. The van der Waals surface area contributed by atoms with Crippen LogP contribution in [0.2, 0.25) is 0 Å². The lowest BCUT2D eigenvalue weighted by atomic mass is 10.0. The van der Waals surface area contributed by atoms with Crippen molar-refractivity contribution in [2.45, 2.75) is 19.4 Å². The third-order valence-corrected chi connectivity index (χ3v) is 3.90. The minimum atomic E-state index is -0.836. The normalized spacial score (nSPS) is 11.3. The largest absolute Gasteiger partial charge is 0.467 e. The second-order valence-corrected chi connectivity index (χ2v) is 5.81. The molecular weight excluding hydrogens is 334 g/mol. The van der Waals surface area contributed by atoms with E-state index in [1.807, 2.05) is 31.2 Å². The van der Waals surface area contributed by atoms with Gasteiger partial charge in [-0.25, -0.2) is 9.59 Å². The number of hydrogen-bond donors (Lipinski definition) is 1. The van der Waals surface area contributed by atoms with Gasteiger partial charge in [0.2, 0.25) is 0 Å². The van der Waals surface area contributed by atoms with Crippen LogP contribution < -0.4 is 5.32 Å². The molecule has 6 nitrogen and oxygen atoms in total. The lowest BCUT2D eigenvalue weighted by molar-refractivity contribution is -0.142. The van der Waals surface area contributed by atoms with Crippen molar-refractivity contribution < 1.29 is 23.9 Å². The minimum absolute atomic E-state index is 0.255. The second kappa shape index (κ2) is 8.80. The topological polar surface area (TPSA) is 81.7 Å². The van der Waals surface area contributed by atoms with Gasteiger partial charge in [0.25, 0.3) is 5.91 Å². The first-order valence-corrected chi connectivity index (χ1v) is 8.07. The smallest absolute Gasteiger partial charge is 0.337 e. The van der Waals surface area contributed by atoms with Crippen LogP contribution in [0.1, 0.15) is 31.8 Å². The molecular formula is C20H21NO5. The molecule has 0 radical (unpaired) electrons. The molecule has 0 aliphatic carbocycles. The molecule has 0 heterocycles. The minimum Gasteiger partial charge on any atom is -0.467 e. The highest BCUT2D eigenvalue weighted by Gasteiger charge is 2.23. The number of rotatable bonds is 6. The van der Waals surface area contributed by atoms with Gasteiger partial charge in [0.05, 0.1) is 19.8 Å². The quantitative estimate of drug-likeness (QED) is 0.804. The number of carbonyl (C=O) groups excluding carboxylic acids is 3. The summed E-state index contributed by atoms with van der Waals surface area (Å²) in [5, 5.41) is 2.67. The molecule has 0 saturated heterocycles. The van der Waals surface area contributed by atoms with Crippen LogP contribution in [0.3, 0.4) is 0 Å². The summed E-state index contributed by atoms with van der Waals surface area (Å²) in [6.45, 7) is 1.97. The summed E-state index contributed by atoms with van der Waals surface area (Å²) < 4.78 is 9.45. The van der Waals surface area contributed by atoms with Gasteiger partial charge in [0.15, 0.2) is 0 Å². The van der Waals surface area contributed by atoms with Crippen LogP contribution in [0.15, 0.2) is 48.5 Å². The van der Waals surface area contributed by atoms with Crippen LogP contribution in [0, 0.1) is 6.92 Å². The fourth-order valence-electron chi connectivity index (χ4n) is 2.44. The molecule has 0 bridgehead atoms. The molecule has 26 heavy (non-hydrogen) atoms. The summed E-state index contributed by atoms with van der Waals surface area (Å²) in [5.74, 6) is -1.55. The first-order chi connectivity index (χ1) is 12.4. The maximum Gasteiger partial charge on any atom is 0.337 e. The van der Waals surface area contributed by atoms with E-state index in [1.165, 1.54) is 20.3 Å². The van der Waals surface area contributed by atoms with Crippen molar-refractivity contribution in [3.63, 3.8) is 0 Å². The number of hydrogen-bond acceptors (Lipinski definition) is 5. The van der Waals surface area contributed by atoms with Gasteiger partial charge in [0.1, 0.15) is 6.04 Å². The van der Waals surface area contributed by atoms with E-state index < -0.39 is 23.9 Å². The zero-order chi connectivity index (χ0) is 19.1. The number of carbonyl (C=O) groups is 3. The highest BCUT2D eigenvalue weighted by atomic mass is 16.5. The van der Waals surface area contributed by atoms with Gasteiger partial charge in [-0.2, -0.15) is 0 Å². The van der Waals surface area contributed by atoms with E-state index in [2.05, 4.69) is 10.1 Å². The number of esters is 2. The average Bonchev–Trinajstić information content (AvgIpc) is 2.67. The lowest BCUT2D eigenvalue weighted by Crippen LogP contribution is -2.43. The predicted octanol–water partition coefficient (Wildman–Crippen LogP) is 2.30. The van der Waals surface area contributed by atoms with E-state index in [-0.39, 0.29) is 11.1 Å². The highest BCUT2D eigenvalue weighted by molar-refractivity contribution is 5.99. The molecule has 136 valence electrons. The van der Waals surface area contributed by atoms with Crippen molar-refractivity contribution in [2.75, 3.05) is 14.2 Å². The highest BCUT2D eigenvalue weighted by Crippen LogP contribution is 2.10. The molecule has 1 N–H and O–H groups in total. The van der Waals surface area contributed by atoms with Crippen LogP contribution >= 0.6 is 0 Å². The molecule has 0 aromatic heterocycles. The Morgan fingerprint density at radius 1 is 0.962 bits per heavy atom. The van der Waals surface area contributed by atoms with Gasteiger partial charge in [-0.1, -0.05) is 35.9 Å². The Labute approximate surface area is 152 Å². The Balaban J connectivity index is 2.17. The number of benzene rings is 2. The lowest BCUT2D eigenvalue weighted by Gasteiger charge is -2.17. The Hall–Kier alpha value is -3.15. The Bertz CT molecular complexity index is 798. The van der Waals surface area contributed by atoms with Crippen LogP contribution in [0.4, 0.5) is 0 Å². The molecule has 6 heteroatoms. The van der Waals surface area contributed by atoms with E-state index in [1.54, 1.807) is 18.2 Å². The predicted molar refractivity (Wildman–Crippen MR) is 95.9 cm³/mol. The van der Waals surface area contributed by atoms with Crippen molar-refractivity contribution in [1.82, 2.24) is 5.32 Å². The summed E-state index contributed by atoms with van der Waals surface area (Å²) in [6, 6.07) is 12.9. The van der Waals surface area contributed by atoms with Crippen LogP contribution in [0.25, 0.3) is 0 Å². The number of amides is 1. The third kappa shape index (κ3) is 4.92. The SMILES string of the molecule is COC(=O)c1cccc(C(=O)N[C@H](Cc2ccc(C)cc2)C(=O)OC)c1. The molecule has 0 spiro atoms. The molecule has 1 atom stereocenters. The van der Waals surface area contributed by atoms with Gasteiger partial charge in [-0.3, -0.25) is 4.79 Å². The second-order valence-electron chi connectivity index (χ2n) is 5.81. The Morgan fingerprint density at radius 2 is 1.62 bits per heavy atom. The fourth-order valence-corrected chi connectivity index (χ4v) is 2.44. The van der Waals surface area contributed by atoms with E-state index in [4.69, 9.17) is 4.74 Å². The molecule has 0 aliphatic rings. The number of methoxy groups -OCH3 is 2. The van der Waals surface area contributed by atoms with E-state index >= 15 is 0 Å². The standard InChI is InChI=1S/C20H21NO5/c1-13-7-9-14(10-8-13)11-17(20(24)26-3)21-18(22)15-5-4-6-16(12-15)19(23)25-2/h4-10,12,17H,11H2,1-3H3,(H,21,22)/t17-/m1/s1. The number of aryl methyl sites for hydroxylation is 1. The molecule has 0 aliphatic heterocycles. The van der Waals surface area contributed by atoms with E-state index in [0.29, 0.717) is 6.42 Å². The summed E-state index contributed by atoms with van der Waals surface area (Å²) in [5.41, 5.74) is 2.51. The summed E-state index contributed by atoms with van der Waals surface area (Å²) in [7, 11) is 2.54. The maximum absolute atomic E-state index is 12.5. The average molecular weight is 355 g/mol. The van der Waals surface area contributed by atoms with Crippen LogP contribution in [0.5, 0.6) is 0 Å². The van der Waals surface area contributed by atoms with Crippen molar-refractivity contribution in [1.29, 1.82) is 0 Å².